The number of piperazine rings is 1. The molecule has 10 heteroatoms. The monoisotopic (exact) mass is 439 g/mol. The average molecular weight is 440 g/mol. The van der Waals surface area contributed by atoms with Gasteiger partial charge in [0, 0.05) is 38.6 Å². The van der Waals surface area contributed by atoms with Gasteiger partial charge in [-0.25, -0.2) is 18.5 Å². The molecule has 3 rings (SSSR count). The number of aromatic nitrogens is 2. The Balaban J connectivity index is 0.00000101. The van der Waals surface area contributed by atoms with E-state index in [9.17, 15) is 17.4 Å². The smallest absolute Gasteiger partial charge is 0.384 e. The first-order valence-electron chi connectivity index (χ1n) is 9.20. The first kappa shape index (κ1) is 23.6. The minimum absolute atomic E-state index is 0.141. The summed E-state index contributed by atoms with van der Waals surface area (Å²) >= 11 is 0. The first-order chi connectivity index (χ1) is 14.2. The number of nitrogen functional groups attached to an aromatic ring is 1. The molecule has 0 bridgehead atoms. The lowest BCUT2D eigenvalue weighted by Crippen LogP contribution is -2.47. The third-order valence-electron chi connectivity index (χ3n) is 4.52. The Hall–Kier alpha value is -2.64. The molecule has 0 aromatic carbocycles. The molecule has 30 heavy (non-hydrogen) atoms. The van der Waals surface area contributed by atoms with E-state index in [0.717, 1.165) is 6.92 Å². The highest BCUT2D eigenvalue weighted by Gasteiger charge is 2.37. The van der Waals surface area contributed by atoms with Crippen molar-refractivity contribution in [1.82, 2.24) is 14.3 Å². The van der Waals surface area contributed by atoms with Crippen molar-refractivity contribution >= 4 is 22.6 Å². The van der Waals surface area contributed by atoms with Crippen LogP contribution < -0.4 is 10.6 Å². The van der Waals surface area contributed by atoms with Crippen LogP contribution in [0.3, 0.4) is 0 Å². The van der Waals surface area contributed by atoms with E-state index in [2.05, 4.69) is 22.3 Å². The van der Waals surface area contributed by atoms with Gasteiger partial charge in [0.1, 0.15) is 22.6 Å². The van der Waals surface area contributed by atoms with Crippen molar-refractivity contribution in [3.8, 4) is 12.3 Å². The van der Waals surface area contributed by atoms with E-state index < -0.39 is 23.1 Å². The zero-order chi connectivity index (χ0) is 22.3. The fourth-order valence-corrected chi connectivity index (χ4v) is 3.88. The molecule has 3 heterocycles. The van der Waals surface area contributed by atoms with Crippen molar-refractivity contribution in [1.29, 1.82) is 0 Å². The second-order valence-corrected chi connectivity index (χ2v) is 8.07. The fraction of sp³-hybridized carbons (Fsp3) is 0.400. The number of anilines is 2. The Labute approximate surface area is 176 Å². The van der Waals surface area contributed by atoms with E-state index in [-0.39, 0.29) is 5.56 Å². The Morgan fingerprint density at radius 1 is 1.13 bits per heavy atom. The van der Waals surface area contributed by atoms with Crippen LogP contribution in [0.5, 0.6) is 0 Å². The minimum atomic E-state index is -4.28. The van der Waals surface area contributed by atoms with Crippen molar-refractivity contribution in [2.24, 2.45) is 0 Å². The van der Waals surface area contributed by atoms with Crippen molar-refractivity contribution in [2.75, 3.05) is 36.8 Å². The number of nitrogens with zero attached hydrogens (tertiary/aromatic N) is 4. The van der Waals surface area contributed by atoms with Gasteiger partial charge in [0.15, 0.2) is 0 Å². The summed E-state index contributed by atoms with van der Waals surface area (Å²) in [4.78, 5) is 10.7. The van der Waals surface area contributed by atoms with Gasteiger partial charge in [0.2, 0.25) is 0 Å². The van der Waals surface area contributed by atoms with Crippen LogP contribution in [0.1, 0.15) is 25.3 Å². The van der Waals surface area contributed by atoms with Crippen molar-refractivity contribution in [2.45, 2.75) is 30.8 Å². The SMILES string of the molecule is C#CC.CC(c1ccc(N2CCN(S(=O)c3ccc(N)nc3)CC2)nc1)C(F)(F)F. The van der Waals surface area contributed by atoms with Crippen LogP contribution in [0.2, 0.25) is 0 Å². The van der Waals surface area contributed by atoms with E-state index in [1.807, 2.05) is 9.21 Å². The molecule has 1 aliphatic rings. The maximum absolute atomic E-state index is 12.8. The fourth-order valence-electron chi connectivity index (χ4n) is 2.76. The molecule has 2 N–H and O–H groups in total. The maximum Gasteiger partial charge on any atom is 0.395 e. The largest absolute Gasteiger partial charge is 0.395 e. The van der Waals surface area contributed by atoms with Gasteiger partial charge in [-0.1, -0.05) is 6.07 Å². The summed E-state index contributed by atoms with van der Waals surface area (Å²) in [5.74, 6) is 1.69. The lowest BCUT2D eigenvalue weighted by molar-refractivity contribution is -0.146. The van der Waals surface area contributed by atoms with Gasteiger partial charge in [-0.2, -0.15) is 13.2 Å². The van der Waals surface area contributed by atoms with E-state index in [1.54, 1.807) is 25.1 Å². The van der Waals surface area contributed by atoms with Gasteiger partial charge in [0.05, 0.1) is 10.8 Å². The standard InChI is InChI=1S/C17H20F3N5OS.C3H4/c1-12(17(18,19)20)13-2-5-16(23-10-13)24-6-8-25(9-7-24)27(26)14-3-4-15(21)22-11-14;1-3-2/h2-5,10-12H,6-9H2,1H3,(H2,21,22);1H,2H3. The number of pyridine rings is 2. The third kappa shape index (κ3) is 6.18. The van der Waals surface area contributed by atoms with Crippen molar-refractivity contribution in [3.05, 3.63) is 42.2 Å². The van der Waals surface area contributed by atoms with Gasteiger partial charge in [0.25, 0.3) is 0 Å². The highest BCUT2D eigenvalue weighted by atomic mass is 32.2. The second kappa shape index (κ2) is 10.4. The Bertz CT molecular complexity index is 873. The minimum Gasteiger partial charge on any atom is -0.384 e. The molecule has 0 saturated carbocycles. The predicted octanol–water partition coefficient (Wildman–Crippen LogP) is 3.21. The molecule has 1 saturated heterocycles. The van der Waals surface area contributed by atoms with Gasteiger partial charge < -0.3 is 10.6 Å². The van der Waals surface area contributed by atoms with Crippen LogP contribution in [-0.2, 0) is 11.0 Å². The van der Waals surface area contributed by atoms with Crippen LogP contribution in [-0.4, -0.2) is 50.8 Å². The number of nitrogens with two attached hydrogens (primary N) is 1. The zero-order valence-electron chi connectivity index (χ0n) is 16.8. The highest BCUT2D eigenvalue weighted by Crippen LogP contribution is 2.34. The molecule has 162 valence electrons. The molecule has 2 atom stereocenters. The molecular weight excluding hydrogens is 415 g/mol. The number of hydrogen-bond donors (Lipinski definition) is 1. The van der Waals surface area contributed by atoms with Crippen molar-refractivity contribution < 1.29 is 17.4 Å². The molecule has 0 spiro atoms. The summed E-state index contributed by atoms with van der Waals surface area (Å²) in [6.07, 6.45) is 3.09. The molecule has 6 nitrogen and oxygen atoms in total. The zero-order valence-corrected chi connectivity index (χ0v) is 17.6. The van der Waals surface area contributed by atoms with E-state index >= 15 is 0 Å². The molecule has 2 aromatic rings. The van der Waals surface area contributed by atoms with Crippen LogP contribution in [0.4, 0.5) is 24.8 Å². The maximum atomic E-state index is 12.8. The summed E-state index contributed by atoms with van der Waals surface area (Å²) < 4.78 is 52.8. The summed E-state index contributed by atoms with van der Waals surface area (Å²) in [6.45, 7) is 5.01. The molecule has 1 aliphatic heterocycles. The van der Waals surface area contributed by atoms with Crippen LogP contribution >= 0.6 is 0 Å². The summed E-state index contributed by atoms with van der Waals surface area (Å²) in [5.41, 5.74) is 5.68. The third-order valence-corrected chi connectivity index (χ3v) is 6.00. The number of terminal acetylenes is 1. The molecule has 0 radical (unpaired) electrons. The van der Waals surface area contributed by atoms with Crippen LogP contribution in [0.15, 0.2) is 41.6 Å². The quantitative estimate of drug-likeness (QED) is 0.741. The second-order valence-electron chi connectivity index (χ2n) is 6.59. The number of rotatable bonds is 4. The molecule has 1 fully saturated rings. The molecule has 0 amide bonds. The highest BCUT2D eigenvalue weighted by molar-refractivity contribution is 7.82. The van der Waals surface area contributed by atoms with E-state index in [1.165, 1.54) is 18.5 Å². The predicted molar refractivity (Wildman–Crippen MR) is 112 cm³/mol. The normalized spacial score (nSPS) is 16.7. The first-order valence-corrected chi connectivity index (χ1v) is 10.3. The number of hydrogen-bond acceptors (Lipinski definition) is 5. The van der Waals surface area contributed by atoms with E-state index in [0.29, 0.717) is 42.7 Å². The van der Waals surface area contributed by atoms with Gasteiger partial charge >= 0.3 is 6.18 Å². The number of alkyl halides is 3. The summed E-state index contributed by atoms with van der Waals surface area (Å²) in [7, 11) is -1.33. The molecule has 2 unspecified atom stereocenters. The van der Waals surface area contributed by atoms with E-state index in [4.69, 9.17) is 5.73 Å². The summed E-state index contributed by atoms with van der Waals surface area (Å²) in [6, 6.07) is 6.36. The van der Waals surface area contributed by atoms with Crippen LogP contribution in [0, 0.1) is 12.3 Å². The molecular formula is C20H24F3N5OS. The summed E-state index contributed by atoms with van der Waals surface area (Å²) in [5, 5.41) is 0. The lowest BCUT2D eigenvalue weighted by Gasteiger charge is -2.34. The van der Waals surface area contributed by atoms with Gasteiger partial charge in [-0.3, -0.25) is 0 Å². The number of halogens is 3. The van der Waals surface area contributed by atoms with Crippen LogP contribution in [0.25, 0.3) is 0 Å². The Kier molecular flexibility index (Phi) is 8.20. The molecule has 2 aromatic heterocycles. The lowest BCUT2D eigenvalue weighted by atomic mass is 10.0. The topological polar surface area (TPSA) is 75.3 Å². The van der Waals surface area contributed by atoms with Crippen molar-refractivity contribution in [3.63, 3.8) is 0 Å². The van der Waals surface area contributed by atoms with Gasteiger partial charge in [-0.15, -0.1) is 12.3 Å². The Morgan fingerprint density at radius 2 is 1.77 bits per heavy atom. The Morgan fingerprint density at radius 3 is 2.23 bits per heavy atom. The average Bonchev–Trinajstić information content (AvgIpc) is 2.73. The molecule has 0 aliphatic carbocycles. The van der Waals surface area contributed by atoms with Gasteiger partial charge in [-0.05, 0) is 37.6 Å².